The molecule has 0 saturated carbocycles. The van der Waals surface area contributed by atoms with Crippen molar-refractivity contribution >= 4 is 0 Å². The Balaban J connectivity index is 1.78. The number of nitrogens with zero attached hydrogens (tertiary/aromatic N) is 2. The average Bonchev–Trinajstić information content (AvgIpc) is 2.69. The van der Waals surface area contributed by atoms with Crippen molar-refractivity contribution in [2.45, 2.75) is 37.6 Å². The molecule has 0 amide bonds. The van der Waals surface area contributed by atoms with Gasteiger partial charge < -0.3 is 10.6 Å². The maximum Gasteiger partial charge on any atom is 0.0438 e. The van der Waals surface area contributed by atoms with Crippen molar-refractivity contribution in [2.75, 3.05) is 20.1 Å². The Bertz CT molecular complexity index is 408. The van der Waals surface area contributed by atoms with E-state index in [0.717, 1.165) is 12.8 Å². The highest BCUT2D eigenvalue weighted by Gasteiger charge is 2.23. The molecular formula is C14H21N3. The van der Waals surface area contributed by atoms with E-state index in [-0.39, 0.29) is 0 Å². The highest BCUT2D eigenvalue weighted by atomic mass is 15.1. The Morgan fingerprint density at radius 3 is 2.71 bits per heavy atom. The van der Waals surface area contributed by atoms with Crippen LogP contribution in [-0.4, -0.2) is 36.1 Å². The molecule has 1 unspecified atom stereocenters. The lowest BCUT2D eigenvalue weighted by molar-refractivity contribution is 0.253. The van der Waals surface area contributed by atoms with Gasteiger partial charge in [-0.25, -0.2) is 0 Å². The van der Waals surface area contributed by atoms with Gasteiger partial charge in [-0.05, 0) is 63.0 Å². The number of hydrogen-bond acceptors (Lipinski definition) is 3. The molecule has 2 aliphatic rings. The van der Waals surface area contributed by atoms with E-state index in [2.05, 4.69) is 29.2 Å². The van der Waals surface area contributed by atoms with Crippen LogP contribution in [0.5, 0.6) is 0 Å². The molecule has 0 radical (unpaired) electrons. The molecule has 1 fully saturated rings. The summed E-state index contributed by atoms with van der Waals surface area (Å²) >= 11 is 0. The van der Waals surface area contributed by atoms with Crippen molar-refractivity contribution in [3.63, 3.8) is 0 Å². The summed E-state index contributed by atoms with van der Waals surface area (Å²) in [5, 5.41) is 0. The van der Waals surface area contributed by atoms with E-state index in [1.165, 1.54) is 42.8 Å². The molecular weight excluding hydrogens is 210 g/mol. The van der Waals surface area contributed by atoms with Crippen LogP contribution >= 0.6 is 0 Å². The van der Waals surface area contributed by atoms with Crippen LogP contribution in [0, 0.1) is 0 Å². The maximum absolute atomic E-state index is 6.00. The van der Waals surface area contributed by atoms with E-state index in [1.54, 1.807) is 0 Å². The lowest BCUT2D eigenvalue weighted by Crippen LogP contribution is -2.29. The second kappa shape index (κ2) is 4.39. The van der Waals surface area contributed by atoms with Gasteiger partial charge in [-0.15, -0.1) is 0 Å². The number of rotatable bonds is 1. The Morgan fingerprint density at radius 2 is 1.94 bits per heavy atom. The Kier molecular flexibility index (Phi) is 2.89. The van der Waals surface area contributed by atoms with Crippen LogP contribution in [0.3, 0.4) is 0 Å². The van der Waals surface area contributed by atoms with Gasteiger partial charge in [0.2, 0.25) is 0 Å². The number of piperidine rings is 1. The van der Waals surface area contributed by atoms with Crippen molar-refractivity contribution < 1.29 is 0 Å². The van der Waals surface area contributed by atoms with Gasteiger partial charge in [-0.1, -0.05) is 0 Å². The Labute approximate surface area is 103 Å². The summed E-state index contributed by atoms with van der Waals surface area (Å²) in [7, 11) is 2.20. The number of nitrogens with two attached hydrogens (primary N) is 1. The first kappa shape index (κ1) is 11.2. The number of hydrogen-bond donors (Lipinski definition) is 1. The second-order valence-corrected chi connectivity index (χ2v) is 5.62. The summed E-state index contributed by atoms with van der Waals surface area (Å²) in [5.41, 5.74) is 10.1. The molecule has 17 heavy (non-hydrogen) atoms. The predicted octanol–water partition coefficient (Wildman–Crippen LogP) is 1.32. The molecule has 1 aromatic heterocycles. The Hall–Kier alpha value is -0.930. The molecule has 1 aromatic rings. The molecule has 2 heterocycles. The number of aromatic nitrogens is 1. The average molecular weight is 231 g/mol. The number of likely N-dealkylation sites (tertiary alicyclic amines) is 1. The van der Waals surface area contributed by atoms with Crippen LogP contribution in [0.2, 0.25) is 0 Å². The van der Waals surface area contributed by atoms with Crippen LogP contribution in [0.4, 0.5) is 0 Å². The van der Waals surface area contributed by atoms with Gasteiger partial charge in [-0.2, -0.15) is 0 Å². The zero-order chi connectivity index (χ0) is 11.8. The normalized spacial score (nSPS) is 26.1. The fourth-order valence-corrected chi connectivity index (χ4v) is 3.08. The highest BCUT2D eigenvalue weighted by molar-refractivity contribution is 5.34. The standard InChI is InChI=1S/C14H21N3/c1-17-4-2-10(3-5-17)14-8-11-6-13(15)7-12(11)9-16-14/h8-10,13H,2-7,15H2,1H3. The summed E-state index contributed by atoms with van der Waals surface area (Å²) in [6, 6.07) is 2.64. The van der Waals surface area contributed by atoms with Gasteiger partial charge in [0, 0.05) is 23.9 Å². The van der Waals surface area contributed by atoms with Gasteiger partial charge in [0.1, 0.15) is 0 Å². The summed E-state index contributed by atoms with van der Waals surface area (Å²) < 4.78 is 0. The maximum atomic E-state index is 6.00. The predicted molar refractivity (Wildman–Crippen MR) is 69.1 cm³/mol. The summed E-state index contributed by atoms with van der Waals surface area (Å²) in [4.78, 5) is 7.06. The van der Waals surface area contributed by atoms with Gasteiger partial charge in [0.05, 0.1) is 0 Å². The molecule has 0 aromatic carbocycles. The first-order valence-corrected chi connectivity index (χ1v) is 6.64. The van der Waals surface area contributed by atoms with Gasteiger partial charge >= 0.3 is 0 Å². The smallest absolute Gasteiger partial charge is 0.0438 e. The monoisotopic (exact) mass is 231 g/mol. The molecule has 3 rings (SSSR count). The van der Waals surface area contributed by atoms with Crippen molar-refractivity contribution in [3.8, 4) is 0 Å². The molecule has 1 atom stereocenters. The molecule has 1 saturated heterocycles. The molecule has 0 spiro atoms. The molecule has 3 nitrogen and oxygen atoms in total. The first-order chi connectivity index (χ1) is 8.22. The summed E-state index contributed by atoms with van der Waals surface area (Å²) in [6.45, 7) is 2.39. The first-order valence-electron chi connectivity index (χ1n) is 6.64. The zero-order valence-corrected chi connectivity index (χ0v) is 10.5. The molecule has 1 aliphatic heterocycles. The van der Waals surface area contributed by atoms with E-state index < -0.39 is 0 Å². The van der Waals surface area contributed by atoms with E-state index in [9.17, 15) is 0 Å². The topological polar surface area (TPSA) is 42.2 Å². The van der Waals surface area contributed by atoms with Gasteiger partial charge in [0.15, 0.2) is 0 Å². The third-order valence-corrected chi connectivity index (χ3v) is 4.21. The minimum Gasteiger partial charge on any atom is -0.327 e. The lowest BCUT2D eigenvalue weighted by atomic mass is 9.92. The van der Waals surface area contributed by atoms with Gasteiger partial charge in [-0.3, -0.25) is 4.98 Å². The quantitative estimate of drug-likeness (QED) is 0.792. The van der Waals surface area contributed by atoms with E-state index in [1.807, 2.05) is 0 Å². The second-order valence-electron chi connectivity index (χ2n) is 5.62. The van der Waals surface area contributed by atoms with Crippen LogP contribution in [0.15, 0.2) is 12.3 Å². The molecule has 92 valence electrons. The van der Waals surface area contributed by atoms with Crippen LogP contribution in [0.1, 0.15) is 35.6 Å². The zero-order valence-electron chi connectivity index (χ0n) is 10.5. The number of pyridine rings is 1. The van der Waals surface area contributed by atoms with Crippen molar-refractivity contribution in [1.82, 2.24) is 9.88 Å². The molecule has 1 aliphatic carbocycles. The third kappa shape index (κ3) is 2.22. The third-order valence-electron chi connectivity index (χ3n) is 4.21. The summed E-state index contributed by atoms with van der Waals surface area (Å²) in [6.07, 6.45) is 6.60. The minimum atomic E-state index is 0.319. The van der Waals surface area contributed by atoms with Crippen LogP contribution in [0.25, 0.3) is 0 Å². The highest BCUT2D eigenvalue weighted by Crippen LogP contribution is 2.29. The Morgan fingerprint density at radius 1 is 1.24 bits per heavy atom. The minimum absolute atomic E-state index is 0.319. The van der Waals surface area contributed by atoms with Crippen LogP contribution < -0.4 is 5.73 Å². The molecule has 0 bridgehead atoms. The van der Waals surface area contributed by atoms with E-state index in [4.69, 9.17) is 5.73 Å². The van der Waals surface area contributed by atoms with Gasteiger partial charge in [0.25, 0.3) is 0 Å². The fourth-order valence-electron chi connectivity index (χ4n) is 3.08. The largest absolute Gasteiger partial charge is 0.327 e. The van der Waals surface area contributed by atoms with E-state index >= 15 is 0 Å². The number of fused-ring (bicyclic) bond motifs is 1. The fraction of sp³-hybridized carbons (Fsp3) is 0.643. The van der Waals surface area contributed by atoms with Crippen molar-refractivity contribution in [1.29, 1.82) is 0 Å². The lowest BCUT2D eigenvalue weighted by Gasteiger charge is -2.28. The molecule has 3 heteroatoms. The van der Waals surface area contributed by atoms with Crippen LogP contribution in [-0.2, 0) is 12.8 Å². The molecule has 2 N–H and O–H groups in total. The SMILES string of the molecule is CN1CCC(c2cc3c(cn2)CC(N)C3)CC1. The summed E-state index contributed by atoms with van der Waals surface area (Å²) in [5.74, 6) is 0.660. The van der Waals surface area contributed by atoms with E-state index in [0.29, 0.717) is 12.0 Å². The van der Waals surface area contributed by atoms with Crippen molar-refractivity contribution in [2.24, 2.45) is 5.73 Å². The van der Waals surface area contributed by atoms with Crippen molar-refractivity contribution in [3.05, 3.63) is 29.1 Å².